The van der Waals surface area contributed by atoms with Crippen LogP contribution in [0, 0.1) is 0 Å². The number of carbonyl (C=O) groups is 1. The number of amides is 1. The fourth-order valence-corrected chi connectivity index (χ4v) is 5.03. The van der Waals surface area contributed by atoms with Crippen LogP contribution in [0.5, 0.6) is 0 Å². The number of thioether (sulfide) groups is 1. The minimum absolute atomic E-state index is 0.0565. The molecule has 0 aliphatic carbocycles. The van der Waals surface area contributed by atoms with Gasteiger partial charge in [0.2, 0.25) is 5.91 Å². The Morgan fingerprint density at radius 1 is 0.967 bits per heavy atom. The molecule has 1 amide bonds. The van der Waals surface area contributed by atoms with Gasteiger partial charge in [-0.1, -0.05) is 54.6 Å². The molecule has 1 atom stereocenters. The Hall–Kier alpha value is -3.38. The molecule has 0 N–H and O–H groups in total. The molecule has 0 spiro atoms. The summed E-state index contributed by atoms with van der Waals surface area (Å²) >= 11 is 1.75. The number of para-hydroxylation sites is 2. The van der Waals surface area contributed by atoms with E-state index in [1.54, 1.807) is 30.0 Å². The molecule has 0 fully saturated rings. The van der Waals surface area contributed by atoms with Crippen LogP contribution in [0.25, 0.3) is 10.9 Å². The highest BCUT2D eigenvalue weighted by molar-refractivity contribution is 7.99. The Morgan fingerprint density at radius 3 is 2.57 bits per heavy atom. The molecule has 30 heavy (non-hydrogen) atoms. The van der Waals surface area contributed by atoms with Crippen LogP contribution in [0.1, 0.15) is 11.6 Å². The van der Waals surface area contributed by atoms with Crippen LogP contribution >= 0.6 is 11.8 Å². The molecule has 0 saturated heterocycles. The molecule has 1 aromatic heterocycles. The van der Waals surface area contributed by atoms with Crippen molar-refractivity contribution in [2.75, 3.05) is 10.7 Å². The Labute approximate surface area is 178 Å². The smallest absolute Gasteiger partial charge is 0.261 e. The standard InChI is InChI=1S/C24H19N3O2S/c28-23(14-26-16-25-19-11-5-4-10-18(19)24(26)29)27-20-12-6-7-13-22(20)30-15-21(27)17-8-2-1-3-9-17/h1-13,16,21H,14-15H2/t21-/m1/s1. The van der Waals surface area contributed by atoms with Crippen LogP contribution < -0.4 is 10.5 Å². The molecule has 0 unspecified atom stereocenters. The lowest BCUT2D eigenvalue weighted by Gasteiger charge is -2.37. The fourth-order valence-electron chi connectivity index (χ4n) is 3.86. The predicted molar refractivity (Wildman–Crippen MR) is 120 cm³/mol. The van der Waals surface area contributed by atoms with Gasteiger partial charge in [0.25, 0.3) is 5.56 Å². The van der Waals surface area contributed by atoms with Crippen molar-refractivity contribution in [3.05, 3.63) is 101 Å². The van der Waals surface area contributed by atoms with Crippen molar-refractivity contribution in [1.82, 2.24) is 9.55 Å². The number of rotatable bonds is 3. The lowest BCUT2D eigenvalue weighted by molar-refractivity contribution is -0.119. The molecule has 0 radical (unpaired) electrons. The summed E-state index contributed by atoms with van der Waals surface area (Å²) in [6.45, 7) is -0.0565. The Bertz CT molecular complexity index is 1290. The van der Waals surface area contributed by atoms with E-state index in [4.69, 9.17) is 0 Å². The van der Waals surface area contributed by atoms with Crippen molar-refractivity contribution in [1.29, 1.82) is 0 Å². The third-order valence-electron chi connectivity index (χ3n) is 5.32. The summed E-state index contributed by atoms with van der Waals surface area (Å²) in [6.07, 6.45) is 1.46. The molecular formula is C24H19N3O2S. The van der Waals surface area contributed by atoms with E-state index in [-0.39, 0.29) is 24.1 Å². The average Bonchev–Trinajstić information content (AvgIpc) is 2.81. The maximum Gasteiger partial charge on any atom is 0.261 e. The van der Waals surface area contributed by atoms with Crippen molar-refractivity contribution in [2.45, 2.75) is 17.5 Å². The highest BCUT2D eigenvalue weighted by Gasteiger charge is 2.32. The lowest BCUT2D eigenvalue weighted by atomic mass is 10.1. The minimum Gasteiger partial charge on any atom is -0.301 e. The molecule has 1 aliphatic rings. The van der Waals surface area contributed by atoms with E-state index < -0.39 is 0 Å². The summed E-state index contributed by atoms with van der Waals surface area (Å²) in [5.41, 5.74) is 2.39. The van der Waals surface area contributed by atoms with Crippen LogP contribution in [0.3, 0.4) is 0 Å². The second-order valence-corrected chi connectivity index (χ2v) is 8.23. The molecule has 5 nitrogen and oxygen atoms in total. The van der Waals surface area contributed by atoms with Crippen LogP contribution in [-0.2, 0) is 11.3 Å². The van der Waals surface area contributed by atoms with Gasteiger partial charge in [-0.2, -0.15) is 0 Å². The zero-order valence-corrected chi connectivity index (χ0v) is 17.0. The Kier molecular flexibility index (Phi) is 4.85. The maximum atomic E-state index is 13.5. The van der Waals surface area contributed by atoms with Gasteiger partial charge in [-0.3, -0.25) is 14.2 Å². The van der Waals surface area contributed by atoms with Crippen molar-refractivity contribution in [3.8, 4) is 0 Å². The first-order valence-corrected chi connectivity index (χ1v) is 10.7. The molecule has 148 valence electrons. The van der Waals surface area contributed by atoms with Gasteiger partial charge in [-0.15, -0.1) is 11.8 Å². The summed E-state index contributed by atoms with van der Waals surface area (Å²) in [5, 5.41) is 0.516. The summed E-state index contributed by atoms with van der Waals surface area (Å²) in [4.78, 5) is 33.7. The Balaban J connectivity index is 1.55. The topological polar surface area (TPSA) is 55.2 Å². The molecule has 3 aromatic carbocycles. The van der Waals surface area contributed by atoms with Gasteiger partial charge in [0.05, 0.1) is 29.0 Å². The van der Waals surface area contributed by atoms with E-state index in [1.165, 1.54) is 10.9 Å². The second-order valence-electron chi connectivity index (χ2n) is 7.16. The van der Waals surface area contributed by atoms with Crippen molar-refractivity contribution < 1.29 is 4.79 Å². The van der Waals surface area contributed by atoms with Gasteiger partial charge in [0.1, 0.15) is 6.54 Å². The highest BCUT2D eigenvalue weighted by atomic mass is 32.2. The van der Waals surface area contributed by atoms with Gasteiger partial charge in [0.15, 0.2) is 0 Å². The highest BCUT2D eigenvalue weighted by Crippen LogP contribution is 2.43. The van der Waals surface area contributed by atoms with Gasteiger partial charge in [0, 0.05) is 10.6 Å². The molecule has 5 rings (SSSR count). The molecule has 0 saturated carbocycles. The lowest BCUT2D eigenvalue weighted by Crippen LogP contribution is -2.42. The van der Waals surface area contributed by atoms with Gasteiger partial charge >= 0.3 is 0 Å². The summed E-state index contributed by atoms with van der Waals surface area (Å²) in [6, 6.07) is 25.1. The normalized spacial score (nSPS) is 15.7. The first-order chi connectivity index (χ1) is 14.7. The number of fused-ring (bicyclic) bond motifs is 2. The minimum atomic E-state index is -0.204. The number of hydrogen-bond donors (Lipinski definition) is 0. The van der Waals surface area contributed by atoms with E-state index in [2.05, 4.69) is 4.98 Å². The average molecular weight is 414 g/mol. The largest absolute Gasteiger partial charge is 0.301 e. The summed E-state index contributed by atoms with van der Waals surface area (Å²) < 4.78 is 1.40. The van der Waals surface area contributed by atoms with Gasteiger partial charge < -0.3 is 4.90 Å². The Morgan fingerprint density at radius 2 is 1.70 bits per heavy atom. The van der Waals surface area contributed by atoms with E-state index >= 15 is 0 Å². The molecule has 1 aliphatic heterocycles. The number of anilines is 1. The van der Waals surface area contributed by atoms with Gasteiger partial charge in [-0.25, -0.2) is 4.98 Å². The second kappa shape index (κ2) is 7.80. The van der Waals surface area contributed by atoms with Crippen LogP contribution in [0.4, 0.5) is 5.69 Å². The molecule has 6 heteroatoms. The third kappa shape index (κ3) is 3.29. The number of benzene rings is 3. The number of aromatic nitrogens is 2. The molecule has 2 heterocycles. The van der Waals surface area contributed by atoms with Gasteiger partial charge in [-0.05, 0) is 29.8 Å². The van der Waals surface area contributed by atoms with Crippen LogP contribution in [0.15, 0.2) is 94.9 Å². The summed E-state index contributed by atoms with van der Waals surface area (Å²) in [7, 11) is 0. The molecule has 0 bridgehead atoms. The fraction of sp³-hybridized carbons (Fsp3) is 0.125. The number of carbonyl (C=O) groups excluding carboxylic acids is 1. The van der Waals surface area contributed by atoms with E-state index in [0.29, 0.717) is 10.9 Å². The maximum absolute atomic E-state index is 13.5. The van der Waals surface area contributed by atoms with Crippen molar-refractivity contribution >= 4 is 34.3 Å². The predicted octanol–water partition coefficient (Wildman–Crippen LogP) is 4.28. The summed E-state index contributed by atoms with van der Waals surface area (Å²) in [5.74, 6) is 0.633. The van der Waals surface area contributed by atoms with Crippen LogP contribution in [-0.4, -0.2) is 21.2 Å². The first-order valence-electron chi connectivity index (χ1n) is 9.75. The monoisotopic (exact) mass is 413 g/mol. The zero-order valence-electron chi connectivity index (χ0n) is 16.1. The first kappa shape index (κ1) is 18.6. The number of hydrogen-bond acceptors (Lipinski definition) is 4. The van der Waals surface area contributed by atoms with Crippen LogP contribution in [0.2, 0.25) is 0 Å². The van der Waals surface area contributed by atoms with E-state index in [9.17, 15) is 9.59 Å². The zero-order chi connectivity index (χ0) is 20.5. The van der Waals surface area contributed by atoms with E-state index in [0.717, 1.165) is 21.9 Å². The number of nitrogens with zero attached hydrogens (tertiary/aromatic N) is 3. The van der Waals surface area contributed by atoms with E-state index in [1.807, 2.05) is 65.6 Å². The molecule has 4 aromatic rings. The molecular weight excluding hydrogens is 394 g/mol. The quantitative estimate of drug-likeness (QED) is 0.503. The van der Waals surface area contributed by atoms with Crippen molar-refractivity contribution in [2.24, 2.45) is 0 Å². The SMILES string of the molecule is O=C(Cn1cnc2ccccc2c1=O)N1c2ccccc2SC[C@@H]1c1ccccc1. The van der Waals surface area contributed by atoms with Crippen molar-refractivity contribution in [3.63, 3.8) is 0 Å². The third-order valence-corrected chi connectivity index (χ3v) is 6.46.